The van der Waals surface area contributed by atoms with Gasteiger partial charge in [0.1, 0.15) is 18.1 Å². The molecule has 1 heterocycles. The number of imide groups is 1. The Labute approximate surface area is 197 Å². The molecule has 1 unspecified atom stereocenters. The molecular weight excluding hydrogens is 446 g/mol. The maximum atomic E-state index is 13.7. The molecule has 1 aromatic rings. The van der Waals surface area contributed by atoms with Crippen LogP contribution < -0.4 is 16.0 Å². The molecule has 1 aliphatic heterocycles. The normalized spacial score (nSPS) is 23.6. The SMILES string of the molecule is CCC(C)(C)C1CCC2(CC1)NC(=O)N(CC(=O)NC(C(=O)NC)c1ccc(F)c(F)c1)C2=O. The van der Waals surface area contributed by atoms with Crippen LogP contribution in [0.25, 0.3) is 0 Å². The van der Waals surface area contributed by atoms with Crippen LogP contribution in [0.4, 0.5) is 13.6 Å². The van der Waals surface area contributed by atoms with Gasteiger partial charge in [-0.15, -0.1) is 0 Å². The quantitative estimate of drug-likeness (QED) is 0.524. The summed E-state index contributed by atoms with van der Waals surface area (Å²) in [6, 6.07) is 0.864. The molecule has 1 atom stereocenters. The van der Waals surface area contributed by atoms with Crippen molar-refractivity contribution in [3.8, 4) is 0 Å². The van der Waals surface area contributed by atoms with Gasteiger partial charge in [0.15, 0.2) is 11.6 Å². The van der Waals surface area contributed by atoms with Crippen LogP contribution in [-0.2, 0) is 14.4 Å². The Morgan fingerprint density at radius 1 is 1.21 bits per heavy atom. The molecule has 186 valence electrons. The first-order valence-electron chi connectivity index (χ1n) is 11.5. The zero-order valence-corrected chi connectivity index (χ0v) is 20.0. The monoisotopic (exact) mass is 478 g/mol. The van der Waals surface area contributed by atoms with Crippen LogP contribution in [0.2, 0.25) is 0 Å². The number of urea groups is 1. The Morgan fingerprint density at radius 3 is 2.41 bits per heavy atom. The Hall–Kier alpha value is -3.04. The Balaban J connectivity index is 1.69. The maximum absolute atomic E-state index is 13.7. The van der Waals surface area contributed by atoms with E-state index >= 15 is 0 Å². The maximum Gasteiger partial charge on any atom is 0.325 e. The van der Waals surface area contributed by atoms with Crippen LogP contribution in [0.1, 0.15) is 64.5 Å². The van der Waals surface area contributed by atoms with Crippen LogP contribution in [0.15, 0.2) is 18.2 Å². The molecule has 1 spiro atoms. The van der Waals surface area contributed by atoms with Crippen molar-refractivity contribution >= 4 is 23.8 Å². The molecule has 1 aromatic carbocycles. The summed E-state index contributed by atoms with van der Waals surface area (Å²) >= 11 is 0. The zero-order chi connectivity index (χ0) is 25.3. The lowest BCUT2D eigenvalue weighted by Crippen LogP contribution is -2.51. The van der Waals surface area contributed by atoms with E-state index in [2.05, 4.69) is 36.7 Å². The van der Waals surface area contributed by atoms with E-state index in [9.17, 15) is 28.0 Å². The van der Waals surface area contributed by atoms with Crippen molar-refractivity contribution in [2.45, 2.75) is 64.5 Å². The van der Waals surface area contributed by atoms with Crippen molar-refractivity contribution in [3.63, 3.8) is 0 Å². The number of amides is 5. The van der Waals surface area contributed by atoms with Gasteiger partial charge >= 0.3 is 6.03 Å². The highest BCUT2D eigenvalue weighted by molar-refractivity contribution is 6.09. The Kier molecular flexibility index (Phi) is 7.28. The molecule has 0 radical (unpaired) electrons. The van der Waals surface area contributed by atoms with Gasteiger partial charge in [0, 0.05) is 7.05 Å². The summed E-state index contributed by atoms with van der Waals surface area (Å²) in [4.78, 5) is 51.6. The van der Waals surface area contributed by atoms with Crippen LogP contribution in [0, 0.1) is 23.0 Å². The van der Waals surface area contributed by atoms with Crippen molar-refractivity contribution in [3.05, 3.63) is 35.4 Å². The molecule has 5 amide bonds. The first kappa shape index (κ1) is 25.6. The molecule has 2 fully saturated rings. The number of carbonyl (C=O) groups is 4. The lowest BCUT2D eigenvalue weighted by molar-refractivity contribution is -0.137. The summed E-state index contributed by atoms with van der Waals surface area (Å²) in [6.45, 7) is 5.96. The van der Waals surface area contributed by atoms with Crippen LogP contribution >= 0.6 is 0 Å². The number of carbonyl (C=O) groups excluding carboxylic acids is 4. The van der Waals surface area contributed by atoms with Gasteiger partial charge in [-0.3, -0.25) is 19.3 Å². The third kappa shape index (κ3) is 4.90. The molecule has 3 N–H and O–H groups in total. The molecule has 3 rings (SSSR count). The first-order valence-corrected chi connectivity index (χ1v) is 11.5. The predicted octanol–water partition coefficient (Wildman–Crippen LogP) is 2.79. The smallest absolute Gasteiger partial charge is 0.325 e. The fourth-order valence-electron chi connectivity index (χ4n) is 4.83. The van der Waals surface area contributed by atoms with Gasteiger partial charge in [-0.1, -0.05) is 33.3 Å². The molecule has 1 saturated heterocycles. The van der Waals surface area contributed by atoms with Gasteiger partial charge in [0.2, 0.25) is 11.8 Å². The van der Waals surface area contributed by atoms with Crippen LogP contribution in [0.5, 0.6) is 0 Å². The molecule has 34 heavy (non-hydrogen) atoms. The highest BCUT2D eigenvalue weighted by Crippen LogP contribution is 2.45. The minimum atomic E-state index is -1.32. The molecule has 2 aliphatic rings. The predicted molar refractivity (Wildman–Crippen MR) is 120 cm³/mol. The number of hydrogen-bond acceptors (Lipinski definition) is 4. The molecule has 1 saturated carbocycles. The Bertz CT molecular complexity index is 989. The van der Waals surface area contributed by atoms with Crippen molar-refractivity contribution in [1.29, 1.82) is 0 Å². The van der Waals surface area contributed by atoms with Crippen LogP contribution in [-0.4, -0.2) is 47.8 Å². The van der Waals surface area contributed by atoms with Gasteiger partial charge in [0.05, 0.1) is 0 Å². The number of benzene rings is 1. The second-order valence-electron chi connectivity index (χ2n) is 9.81. The number of nitrogens with zero attached hydrogens (tertiary/aromatic N) is 1. The molecule has 10 heteroatoms. The molecule has 0 bridgehead atoms. The fraction of sp³-hybridized carbons (Fsp3) is 0.583. The molecule has 0 aromatic heterocycles. The molecule has 8 nitrogen and oxygen atoms in total. The van der Waals surface area contributed by atoms with Gasteiger partial charge in [-0.2, -0.15) is 0 Å². The van der Waals surface area contributed by atoms with Crippen molar-refractivity contribution in [2.24, 2.45) is 11.3 Å². The second kappa shape index (κ2) is 9.68. The van der Waals surface area contributed by atoms with Crippen molar-refractivity contribution in [1.82, 2.24) is 20.9 Å². The highest BCUT2D eigenvalue weighted by atomic mass is 19.2. The standard InChI is InChI=1S/C24H32F2N4O4/c1-5-23(2,3)15-8-10-24(11-9-15)21(33)30(22(34)29-24)13-18(31)28-19(20(32)27-4)14-6-7-16(25)17(26)12-14/h6-7,12,15,19H,5,8-11,13H2,1-4H3,(H,27,32)(H,28,31)(H,29,34). The van der Waals surface area contributed by atoms with Crippen molar-refractivity contribution in [2.75, 3.05) is 13.6 Å². The van der Waals surface area contributed by atoms with E-state index in [1.165, 1.54) is 13.1 Å². The minimum absolute atomic E-state index is 0.0251. The second-order valence-corrected chi connectivity index (χ2v) is 9.81. The van der Waals surface area contributed by atoms with E-state index in [0.717, 1.165) is 36.3 Å². The Morgan fingerprint density at radius 2 is 1.85 bits per heavy atom. The average Bonchev–Trinajstić information content (AvgIpc) is 3.03. The molecular formula is C24H32F2N4O4. The summed E-state index contributed by atoms with van der Waals surface area (Å²) in [6.07, 6.45) is 3.60. The minimum Gasteiger partial charge on any atom is -0.357 e. The summed E-state index contributed by atoms with van der Waals surface area (Å²) in [7, 11) is 1.33. The lowest BCUT2D eigenvalue weighted by atomic mass is 9.65. The van der Waals surface area contributed by atoms with E-state index in [1.54, 1.807) is 0 Å². The van der Waals surface area contributed by atoms with Crippen LogP contribution in [0.3, 0.4) is 0 Å². The van der Waals surface area contributed by atoms with E-state index in [-0.39, 0.29) is 11.0 Å². The van der Waals surface area contributed by atoms with E-state index in [0.29, 0.717) is 18.8 Å². The van der Waals surface area contributed by atoms with Gasteiger partial charge in [-0.05, 0) is 54.7 Å². The van der Waals surface area contributed by atoms with Gasteiger partial charge < -0.3 is 16.0 Å². The van der Waals surface area contributed by atoms with E-state index < -0.39 is 53.5 Å². The van der Waals surface area contributed by atoms with Crippen molar-refractivity contribution < 1.29 is 28.0 Å². The lowest BCUT2D eigenvalue weighted by Gasteiger charge is -2.42. The fourth-order valence-corrected chi connectivity index (χ4v) is 4.83. The van der Waals surface area contributed by atoms with E-state index in [4.69, 9.17) is 0 Å². The summed E-state index contributed by atoms with van der Waals surface area (Å²) in [5, 5.41) is 7.55. The topological polar surface area (TPSA) is 108 Å². The highest BCUT2D eigenvalue weighted by Gasteiger charge is 2.53. The number of hydrogen-bond donors (Lipinski definition) is 3. The summed E-state index contributed by atoms with van der Waals surface area (Å²) in [5.41, 5.74) is -0.850. The first-order chi connectivity index (χ1) is 15.9. The molecule has 1 aliphatic carbocycles. The van der Waals surface area contributed by atoms with E-state index in [1.807, 2.05) is 0 Å². The number of halogens is 2. The average molecular weight is 479 g/mol. The largest absolute Gasteiger partial charge is 0.357 e. The summed E-state index contributed by atoms with van der Waals surface area (Å²) < 4.78 is 27.0. The summed E-state index contributed by atoms with van der Waals surface area (Å²) in [5.74, 6) is -3.71. The third-order valence-electron chi connectivity index (χ3n) is 7.49. The van der Waals surface area contributed by atoms with Gasteiger partial charge in [-0.25, -0.2) is 13.6 Å². The zero-order valence-electron chi connectivity index (χ0n) is 20.0. The third-order valence-corrected chi connectivity index (χ3v) is 7.49. The number of rotatable bonds is 7. The number of nitrogens with one attached hydrogen (secondary N) is 3. The van der Waals surface area contributed by atoms with Gasteiger partial charge in [0.25, 0.3) is 5.91 Å². The number of likely N-dealkylation sites (N-methyl/N-ethyl adjacent to an activating group) is 1.